The highest BCUT2D eigenvalue weighted by atomic mass is 32.2. The number of halogens is 1. The molecular weight excluding hydrogens is 263 g/mol. The molecule has 19 heavy (non-hydrogen) atoms. The minimum Gasteiger partial charge on any atom is -0.481 e. The zero-order valence-corrected chi connectivity index (χ0v) is 12.1. The Kier molecular flexibility index (Phi) is 4.19. The SMILES string of the molecule is CSc1cc(C2(C(=O)O)CCCCC2)c(F)cc1C. The van der Waals surface area contributed by atoms with Crippen LogP contribution < -0.4 is 0 Å². The molecule has 0 saturated heterocycles. The number of hydrogen-bond acceptors (Lipinski definition) is 2. The van der Waals surface area contributed by atoms with Gasteiger partial charge in [-0.1, -0.05) is 19.3 Å². The molecule has 1 fully saturated rings. The van der Waals surface area contributed by atoms with E-state index < -0.39 is 11.4 Å². The number of carboxylic acid groups (broad SMARTS) is 1. The van der Waals surface area contributed by atoms with Crippen molar-refractivity contribution in [3.63, 3.8) is 0 Å². The zero-order valence-electron chi connectivity index (χ0n) is 11.3. The van der Waals surface area contributed by atoms with E-state index in [1.807, 2.05) is 13.2 Å². The molecule has 0 aliphatic heterocycles. The van der Waals surface area contributed by atoms with Gasteiger partial charge in [-0.15, -0.1) is 11.8 Å². The van der Waals surface area contributed by atoms with Crippen LogP contribution >= 0.6 is 11.8 Å². The fourth-order valence-corrected chi connectivity index (χ4v) is 3.61. The summed E-state index contributed by atoms with van der Waals surface area (Å²) in [7, 11) is 0. The smallest absolute Gasteiger partial charge is 0.314 e. The lowest BCUT2D eigenvalue weighted by Gasteiger charge is -2.34. The van der Waals surface area contributed by atoms with Crippen LogP contribution in [0.2, 0.25) is 0 Å². The monoisotopic (exact) mass is 282 g/mol. The molecule has 0 radical (unpaired) electrons. The number of carboxylic acids is 1. The fourth-order valence-electron chi connectivity index (χ4n) is 2.99. The van der Waals surface area contributed by atoms with Gasteiger partial charge < -0.3 is 5.11 Å². The van der Waals surface area contributed by atoms with E-state index in [4.69, 9.17) is 0 Å². The second kappa shape index (κ2) is 5.53. The van der Waals surface area contributed by atoms with Crippen molar-refractivity contribution in [3.05, 3.63) is 29.1 Å². The van der Waals surface area contributed by atoms with Gasteiger partial charge in [0, 0.05) is 10.5 Å². The Morgan fingerprint density at radius 3 is 2.47 bits per heavy atom. The molecule has 1 aliphatic carbocycles. The van der Waals surface area contributed by atoms with Crippen LogP contribution in [0.15, 0.2) is 17.0 Å². The van der Waals surface area contributed by atoms with Gasteiger partial charge in [0.15, 0.2) is 0 Å². The van der Waals surface area contributed by atoms with E-state index in [1.165, 1.54) is 17.8 Å². The third-order valence-corrected chi connectivity index (χ3v) is 5.00. The second-order valence-electron chi connectivity index (χ2n) is 5.25. The van der Waals surface area contributed by atoms with Crippen molar-refractivity contribution in [3.8, 4) is 0 Å². The molecular formula is C15H19FO2S. The minimum absolute atomic E-state index is 0.370. The fraction of sp³-hybridized carbons (Fsp3) is 0.533. The Labute approximate surface area is 117 Å². The number of thioether (sulfide) groups is 1. The number of rotatable bonds is 3. The molecule has 0 amide bonds. The van der Waals surface area contributed by atoms with Gasteiger partial charge in [-0.2, -0.15) is 0 Å². The van der Waals surface area contributed by atoms with Crippen LogP contribution in [0, 0.1) is 12.7 Å². The predicted octanol–water partition coefficient (Wildman–Crippen LogP) is 4.14. The lowest BCUT2D eigenvalue weighted by atomic mass is 9.69. The second-order valence-corrected chi connectivity index (χ2v) is 6.10. The van der Waals surface area contributed by atoms with Gasteiger partial charge in [-0.3, -0.25) is 4.79 Å². The molecule has 2 rings (SSSR count). The quantitative estimate of drug-likeness (QED) is 0.846. The summed E-state index contributed by atoms with van der Waals surface area (Å²) >= 11 is 1.53. The van der Waals surface area contributed by atoms with E-state index in [0.717, 1.165) is 29.7 Å². The van der Waals surface area contributed by atoms with Crippen LogP contribution in [0.25, 0.3) is 0 Å². The van der Waals surface area contributed by atoms with E-state index in [-0.39, 0.29) is 5.82 Å². The summed E-state index contributed by atoms with van der Waals surface area (Å²) in [5, 5.41) is 9.63. The molecule has 1 saturated carbocycles. The molecule has 0 aromatic heterocycles. The van der Waals surface area contributed by atoms with Crippen molar-refractivity contribution in [2.75, 3.05) is 6.26 Å². The summed E-state index contributed by atoms with van der Waals surface area (Å²) in [6.45, 7) is 1.85. The van der Waals surface area contributed by atoms with Crippen molar-refractivity contribution in [2.24, 2.45) is 0 Å². The maximum atomic E-state index is 14.3. The largest absolute Gasteiger partial charge is 0.481 e. The Hall–Kier alpha value is -1.03. The van der Waals surface area contributed by atoms with Gasteiger partial charge in [-0.25, -0.2) is 4.39 Å². The lowest BCUT2D eigenvalue weighted by Crippen LogP contribution is -2.38. The summed E-state index contributed by atoms with van der Waals surface area (Å²) in [5.74, 6) is -1.26. The summed E-state index contributed by atoms with van der Waals surface area (Å²) in [6, 6.07) is 3.22. The number of carbonyl (C=O) groups is 1. The van der Waals surface area contributed by atoms with Crippen molar-refractivity contribution in [2.45, 2.75) is 49.3 Å². The summed E-state index contributed by atoms with van der Waals surface area (Å²) < 4.78 is 14.3. The Morgan fingerprint density at radius 1 is 1.32 bits per heavy atom. The molecule has 0 spiro atoms. The lowest BCUT2D eigenvalue weighted by molar-refractivity contribution is -0.145. The molecule has 104 valence electrons. The summed E-state index contributed by atoms with van der Waals surface area (Å²) in [5.41, 5.74) is 0.209. The number of aryl methyl sites for hydroxylation is 1. The van der Waals surface area contributed by atoms with Gasteiger partial charge in [0.2, 0.25) is 0 Å². The molecule has 1 aromatic carbocycles. The Balaban J connectivity index is 2.56. The van der Waals surface area contributed by atoms with Crippen molar-refractivity contribution < 1.29 is 14.3 Å². The maximum absolute atomic E-state index is 14.3. The highest BCUT2D eigenvalue weighted by molar-refractivity contribution is 7.98. The van der Waals surface area contributed by atoms with Crippen molar-refractivity contribution >= 4 is 17.7 Å². The summed E-state index contributed by atoms with van der Waals surface area (Å²) in [6.07, 6.45) is 5.75. The first kappa shape index (κ1) is 14.4. The van der Waals surface area contributed by atoms with Gasteiger partial charge in [0.05, 0.1) is 5.41 Å². The van der Waals surface area contributed by atoms with Crippen LogP contribution in [0.1, 0.15) is 43.2 Å². The van der Waals surface area contributed by atoms with Crippen LogP contribution in [0.5, 0.6) is 0 Å². The maximum Gasteiger partial charge on any atom is 0.314 e. The molecule has 1 aliphatic rings. The average molecular weight is 282 g/mol. The highest BCUT2D eigenvalue weighted by Gasteiger charge is 2.43. The van der Waals surface area contributed by atoms with Crippen LogP contribution in [0.3, 0.4) is 0 Å². The van der Waals surface area contributed by atoms with Crippen LogP contribution in [-0.4, -0.2) is 17.3 Å². The molecule has 0 heterocycles. The first-order valence-electron chi connectivity index (χ1n) is 6.59. The van der Waals surface area contributed by atoms with Gasteiger partial charge in [0.25, 0.3) is 0 Å². The van der Waals surface area contributed by atoms with Crippen LogP contribution in [0.4, 0.5) is 4.39 Å². The standard InChI is InChI=1S/C15H19FO2S/c1-10-8-12(16)11(9-13(10)19-2)15(14(17)18)6-4-3-5-7-15/h8-9H,3-7H2,1-2H3,(H,17,18). The van der Waals surface area contributed by atoms with E-state index in [9.17, 15) is 14.3 Å². The molecule has 4 heteroatoms. The molecule has 0 unspecified atom stereocenters. The van der Waals surface area contributed by atoms with E-state index in [0.29, 0.717) is 18.4 Å². The first-order valence-corrected chi connectivity index (χ1v) is 7.82. The summed E-state index contributed by atoms with van der Waals surface area (Å²) in [4.78, 5) is 12.7. The Bertz CT molecular complexity index is 493. The highest BCUT2D eigenvalue weighted by Crippen LogP contribution is 2.42. The normalized spacial score (nSPS) is 18.3. The van der Waals surface area contributed by atoms with E-state index in [2.05, 4.69) is 0 Å². The van der Waals surface area contributed by atoms with Crippen molar-refractivity contribution in [1.82, 2.24) is 0 Å². The number of aliphatic carboxylic acids is 1. The van der Waals surface area contributed by atoms with Crippen molar-refractivity contribution in [1.29, 1.82) is 0 Å². The predicted molar refractivity (Wildman–Crippen MR) is 75.3 cm³/mol. The van der Waals surface area contributed by atoms with Crippen LogP contribution in [-0.2, 0) is 10.2 Å². The average Bonchev–Trinajstić information content (AvgIpc) is 2.39. The van der Waals surface area contributed by atoms with E-state index in [1.54, 1.807) is 6.07 Å². The molecule has 1 N–H and O–H groups in total. The van der Waals surface area contributed by atoms with Gasteiger partial charge in [0.1, 0.15) is 5.82 Å². The zero-order chi connectivity index (χ0) is 14.0. The third-order valence-electron chi connectivity index (χ3n) is 4.12. The number of hydrogen-bond donors (Lipinski definition) is 1. The molecule has 0 bridgehead atoms. The van der Waals surface area contributed by atoms with E-state index >= 15 is 0 Å². The number of benzene rings is 1. The molecule has 1 aromatic rings. The topological polar surface area (TPSA) is 37.3 Å². The Morgan fingerprint density at radius 2 is 1.95 bits per heavy atom. The molecule has 0 atom stereocenters. The van der Waals surface area contributed by atoms with Gasteiger partial charge in [-0.05, 0) is 43.7 Å². The first-order chi connectivity index (χ1) is 9.01. The third kappa shape index (κ3) is 2.50. The molecule has 2 nitrogen and oxygen atoms in total. The van der Waals surface area contributed by atoms with Gasteiger partial charge >= 0.3 is 5.97 Å². The minimum atomic E-state index is -1.03.